The van der Waals surface area contributed by atoms with Crippen LogP contribution in [0.1, 0.15) is 34.3 Å². The van der Waals surface area contributed by atoms with Gasteiger partial charge < -0.3 is 14.4 Å². The summed E-state index contributed by atoms with van der Waals surface area (Å²) in [6.07, 6.45) is 6.62. The molecule has 5 nitrogen and oxygen atoms in total. The van der Waals surface area contributed by atoms with Crippen LogP contribution < -0.4 is 4.74 Å². The number of fused-ring (bicyclic) bond motifs is 1. The van der Waals surface area contributed by atoms with Crippen molar-refractivity contribution in [2.45, 2.75) is 31.9 Å². The van der Waals surface area contributed by atoms with Crippen LogP contribution in [0.3, 0.4) is 0 Å². The van der Waals surface area contributed by atoms with Crippen molar-refractivity contribution in [2.75, 3.05) is 19.8 Å². The Morgan fingerprint density at radius 3 is 3.04 bits per heavy atom. The van der Waals surface area contributed by atoms with Gasteiger partial charge in [-0.3, -0.25) is 9.78 Å². The Labute approximate surface area is 147 Å². The zero-order valence-corrected chi connectivity index (χ0v) is 14.2. The fourth-order valence-corrected chi connectivity index (χ4v) is 3.47. The third-order valence-corrected chi connectivity index (χ3v) is 4.77. The highest BCUT2D eigenvalue weighted by Gasteiger charge is 2.25. The van der Waals surface area contributed by atoms with E-state index < -0.39 is 0 Å². The normalized spacial score (nSPS) is 18.6. The molecule has 1 atom stereocenters. The number of nitrogens with zero attached hydrogens (tertiary/aromatic N) is 2. The van der Waals surface area contributed by atoms with Crippen LogP contribution in [0.2, 0.25) is 0 Å². The average molecular weight is 338 g/mol. The van der Waals surface area contributed by atoms with Gasteiger partial charge in [0, 0.05) is 44.1 Å². The predicted molar refractivity (Wildman–Crippen MR) is 93.6 cm³/mol. The van der Waals surface area contributed by atoms with Crippen LogP contribution in [0.5, 0.6) is 5.75 Å². The van der Waals surface area contributed by atoms with Crippen molar-refractivity contribution in [2.24, 2.45) is 0 Å². The van der Waals surface area contributed by atoms with Gasteiger partial charge in [0.25, 0.3) is 5.91 Å². The molecule has 0 radical (unpaired) electrons. The number of aromatic nitrogens is 1. The molecule has 5 heteroatoms. The highest BCUT2D eigenvalue weighted by Crippen LogP contribution is 2.27. The number of hydrogen-bond acceptors (Lipinski definition) is 4. The lowest BCUT2D eigenvalue weighted by atomic mass is 10.1. The largest absolute Gasteiger partial charge is 0.493 e. The summed E-state index contributed by atoms with van der Waals surface area (Å²) in [7, 11) is 0. The van der Waals surface area contributed by atoms with E-state index in [1.54, 1.807) is 6.20 Å². The van der Waals surface area contributed by atoms with Crippen molar-refractivity contribution < 1.29 is 14.3 Å². The third-order valence-electron chi connectivity index (χ3n) is 4.77. The summed E-state index contributed by atoms with van der Waals surface area (Å²) in [6, 6.07) is 9.63. The van der Waals surface area contributed by atoms with Gasteiger partial charge in [-0.15, -0.1) is 0 Å². The summed E-state index contributed by atoms with van der Waals surface area (Å²) in [5.74, 6) is 0.934. The van der Waals surface area contributed by atoms with Crippen molar-refractivity contribution in [1.82, 2.24) is 9.88 Å². The number of pyridine rings is 1. The molecule has 2 aliphatic rings. The van der Waals surface area contributed by atoms with Crippen molar-refractivity contribution in [1.29, 1.82) is 0 Å². The van der Waals surface area contributed by atoms with Crippen molar-refractivity contribution >= 4 is 5.91 Å². The molecule has 130 valence electrons. The molecule has 1 unspecified atom stereocenters. The molecule has 2 aliphatic heterocycles. The van der Waals surface area contributed by atoms with E-state index in [9.17, 15) is 4.79 Å². The van der Waals surface area contributed by atoms with Gasteiger partial charge in [0.15, 0.2) is 0 Å². The van der Waals surface area contributed by atoms with Gasteiger partial charge in [0.2, 0.25) is 0 Å². The Hall–Kier alpha value is -2.40. The van der Waals surface area contributed by atoms with E-state index in [2.05, 4.69) is 4.98 Å². The van der Waals surface area contributed by atoms with E-state index in [-0.39, 0.29) is 12.0 Å². The summed E-state index contributed by atoms with van der Waals surface area (Å²) in [5.41, 5.74) is 2.86. The Bertz CT molecular complexity index is 742. The van der Waals surface area contributed by atoms with E-state index in [4.69, 9.17) is 9.47 Å². The number of carbonyl (C=O) groups excluding carboxylic acids is 1. The number of carbonyl (C=O) groups is 1. The van der Waals surface area contributed by atoms with Gasteiger partial charge >= 0.3 is 0 Å². The highest BCUT2D eigenvalue weighted by molar-refractivity contribution is 5.94. The minimum absolute atomic E-state index is 0.0362. The first kappa shape index (κ1) is 16.1. The van der Waals surface area contributed by atoms with Crippen LogP contribution in [0.4, 0.5) is 0 Å². The second-order valence-electron chi connectivity index (χ2n) is 6.60. The summed E-state index contributed by atoms with van der Waals surface area (Å²) in [4.78, 5) is 19.2. The summed E-state index contributed by atoms with van der Waals surface area (Å²) in [5, 5.41) is 0. The topological polar surface area (TPSA) is 51.7 Å². The molecule has 3 heterocycles. The van der Waals surface area contributed by atoms with Crippen LogP contribution >= 0.6 is 0 Å². The smallest absolute Gasteiger partial charge is 0.254 e. The molecule has 4 rings (SSSR count). The Balaban J connectivity index is 1.56. The van der Waals surface area contributed by atoms with Crippen LogP contribution in [0, 0.1) is 0 Å². The van der Waals surface area contributed by atoms with Crippen LogP contribution in [0.25, 0.3) is 0 Å². The molecule has 0 saturated carbocycles. The van der Waals surface area contributed by atoms with Crippen LogP contribution in [0.15, 0.2) is 42.7 Å². The maximum atomic E-state index is 13.1. The van der Waals surface area contributed by atoms with E-state index in [0.29, 0.717) is 25.3 Å². The van der Waals surface area contributed by atoms with Crippen LogP contribution in [-0.4, -0.2) is 41.7 Å². The molecular weight excluding hydrogens is 316 g/mol. The number of amides is 1. The van der Waals surface area contributed by atoms with Gasteiger partial charge in [-0.1, -0.05) is 6.07 Å². The first-order chi connectivity index (χ1) is 12.3. The predicted octanol–water partition coefficient (Wildman–Crippen LogP) is 2.84. The fraction of sp³-hybridized carbons (Fsp3) is 0.400. The molecule has 25 heavy (non-hydrogen) atoms. The first-order valence-electron chi connectivity index (χ1n) is 8.85. The lowest BCUT2D eigenvalue weighted by Gasteiger charge is -2.26. The van der Waals surface area contributed by atoms with Crippen molar-refractivity contribution in [3.05, 3.63) is 59.4 Å². The number of hydrogen-bond donors (Lipinski definition) is 0. The van der Waals surface area contributed by atoms with Crippen LogP contribution in [-0.2, 0) is 17.7 Å². The summed E-state index contributed by atoms with van der Waals surface area (Å²) < 4.78 is 11.3. The molecule has 0 N–H and O–H groups in total. The zero-order chi connectivity index (χ0) is 17.1. The third kappa shape index (κ3) is 3.66. The van der Waals surface area contributed by atoms with Gasteiger partial charge in [0.1, 0.15) is 5.75 Å². The van der Waals surface area contributed by atoms with Gasteiger partial charge in [-0.2, -0.15) is 0 Å². The Morgan fingerprint density at radius 1 is 1.28 bits per heavy atom. The molecule has 1 saturated heterocycles. The maximum Gasteiger partial charge on any atom is 0.254 e. The molecule has 0 bridgehead atoms. The Kier molecular flexibility index (Phi) is 4.65. The minimum Gasteiger partial charge on any atom is -0.493 e. The molecule has 1 aromatic heterocycles. The second kappa shape index (κ2) is 7.23. The highest BCUT2D eigenvalue weighted by atomic mass is 16.5. The summed E-state index contributed by atoms with van der Waals surface area (Å²) >= 11 is 0. The summed E-state index contributed by atoms with van der Waals surface area (Å²) in [6.45, 7) is 2.64. The Morgan fingerprint density at radius 2 is 2.24 bits per heavy atom. The molecule has 2 aromatic rings. The average Bonchev–Trinajstić information content (AvgIpc) is 3.32. The quantitative estimate of drug-likeness (QED) is 0.841. The van der Waals surface area contributed by atoms with E-state index in [0.717, 1.165) is 42.7 Å². The fourth-order valence-electron chi connectivity index (χ4n) is 3.47. The SMILES string of the molecule is O=C(c1ccc2c(c1)CCO2)N(Cc1cccnc1)CC1CCCO1. The minimum atomic E-state index is 0.0362. The molecular formula is C20H22N2O3. The number of ether oxygens (including phenoxy) is 2. The zero-order valence-electron chi connectivity index (χ0n) is 14.2. The molecule has 0 aliphatic carbocycles. The number of benzene rings is 1. The van der Waals surface area contributed by atoms with Gasteiger partial charge in [-0.25, -0.2) is 0 Å². The first-order valence-corrected chi connectivity index (χ1v) is 8.85. The van der Waals surface area contributed by atoms with Crippen molar-refractivity contribution in [3.63, 3.8) is 0 Å². The molecule has 1 amide bonds. The number of rotatable bonds is 5. The van der Waals surface area contributed by atoms with E-state index in [1.807, 2.05) is 41.4 Å². The maximum absolute atomic E-state index is 13.1. The van der Waals surface area contributed by atoms with E-state index >= 15 is 0 Å². The molecule has 1 fully saturated rings. The van der Waals surface area contributed by atoms with Gasteiger partial charge in [0.05, 0.1) is 12.7 Å². The molecule has 0 spiro atoms. The monoisotopic (exact) mass is 338 g/mol. The lowest BCUT2D eigenvalue weighted by Crippen LogP contribution is -2.37. The standard InChI is InChI=1S/C20H22N2O3/c23-20(17-5-6-19-16(11-17)7-10-25-19)22(14-18-4-2-9-24-18)13-15-3-1-8-21-12-15/h1,3,5-6,8,11-12,18H,2,4,7,9-10,13-14H2. The van der Waals surface area contributed by atoms with Gasteiger partial charge in [-0.05, 0) is 48.2 Å². The lowest BCUT2D eigenvalue weighted by molar-refractivity contribution is 0.0507. The second-order valence-corrected chi connectivity index (χ2v) is 6.60. The van der Waals surface area contributed by atoms with Crippen molar-refractivity contribution in [3.8, 4) is 5.75 Å². The molecule has 1 aromatic carbocycles. The van der Waals surface area contributed by atoms with E-state index in [1.165, 1.54) is 0 Å².